The van der Waals surface area contributed by atoms with Crippen molar-refractivity contribution in [2.45, 2.75) is 50.8 Å². The van der Waals surface area contributed by atoms with E-state index in [1.54, 1.807) is 24.3 Å². The number of phenolic OH excluding ortho intramolecular Hbond substituents is 1. The van der Waals surface area contributed by atoms with Gasteiger partial charge in [0.05, 0.1) is 19.8 Å². The van der Waals surface area contributed by atoms with Gasteiger partial charge in [-0.25, -0.2) is 4.79 Å². The van der Waals surface area contributed by atoms with E-state index >= 15 is 0 Å². The van der Waals surface area contributed by atoms with Gasteiger partial charge in [0, 0.05) is 24.7 Å². The Morgan fingerprint density at radius 1 is 1.09 bits per heavy atom. The first-order chi connectivity index (χ1) is 15.5. The molecule has 2 aromatic rings. The molecule has 1 aliphatic carbocycles. The lowest BCUT2D eigenvalue weighted by atomic mass is 9.93. The van der Waals surface area contributed by atoms with Crippen LogP contribution in [0.5, 0.6) is 17.2 Å². The average Bonchev–Trinajstić information content (AvgIpc) is 2.83. The highest BCUT2D eigenvalue weighted by Crippen LogP contribution is 2.29. The predicted molar refractivity (Wildman–Crippen MR) is 121 cm³/mol. The smallest absolute Gasteiger partial charge is 0.337 e. The standard InChI is InChI=1S/C25H33NO6/c1-30-24-14-18(25(29)31-2)12-13-23(24)32-17-21(27)16-26(20-9-4-3-5-10-20)15-19-8-6-7-11-22(19)28/h6-8,11-14,20-21,27-28H,3-5,9-10,15-17H2,1-2H3. The molecule has 7 heteroatoms. The van der Waals surface area contributed by atoms with E-state index in [2.05, 4.69) is 4.90 Å². The summed E-state index contributed by atoms with van der Waals surface area (Å²) in [5.74, 6) is 0.666. The van der Waals surface area contributed by atoms with Crippen LogP contribution in [0.3, 0.4) is 0 Å². The van der Waals surface area contributed by atoms with Gasteiger partial charge in [0.15, 0.2) is 11.5 Å². The Balaban J connectivity index is 1.65. The fourth-order valence-electron chi connectivity index (χ4n) is 4.19. The Morgan fingerprint density at radius 2 is 1.84 bits per heavy atom. The first-order valence-corrected chi connectivity index (χ1v) is 11.1. The van der Waals surface area contributed by atoms with Crippen molar-refractivity contribution in [3.8, 4) is 17.2 Å². The van der Waals surface area contributed by atoms with E-state index in [0.29, 0.717) is 36.2 Å². The second-order valence-electron chi connectivity index (χ2n) is 8.17. The summed E-state index contributed by atoms with van der Waals surface area (Å²) in [4.78, 5) is 14.0. The van der Waals surface area contributed by atoms with Gasteiger partial charge in [0.1, 0.15) is 18.5 Å². The van der Waals surface area contributed by atoms with Gasteiger partial charge in [0.25, 0.3) is 0 Å². The predicted octanol–water partition coefficient (Wildman–Crippen LogP) is 3.76. The zero-order chi connectivity index (χ0) is 22.9. The average molecular weight is 444 g/mol. The van der Waals surface area contributed by atoms with Crippen LogP contribution in [0.15, 0.2) is 42.5 Å². The number of carbonyl (C=O) groups is 1. The molecule has 2 aromatic carbocycles. The topological polar surface area (TPSA) is 88.5 Å². The first kappa shape index (κ1) is 23.9. The molecule has 0 spiro atoms. The monoisotopic (exact) mass is 443 g/mol. The zero-order valence-corrected chi connectivity index (χ0v) is 18.8. The highest BCUT2D eigenvalue weighted by molar-refractivity contribution is 5.90. The number of phenols is 1. The Bertz CT molecular complexity index is 880. The van der Waals surface area contributed by atoms with Crippen LogP contribution in [0.2, 0.25) is 0 Å². The zero-order valence-electron chi connectivity index (χ0n) is 18.8. The lowest BCUT2D eigenvalue weighted by Gasteiger charge is -2.35. The molecule has 1 atom stereocenters. The molecule has 1 saturated carbocycles. The molecule has 0 saturated heterocycles. The number of methoxy groups -OCH3 is 2. The van der Waals surface area contributed by atoms with Gasteiger partial charge in [-0.3, -0.25) is 4.90 Å². The summed E-state index contributed by atoms with van der Waals surface area (Å²) in [5.41, 5.74) is 1.22. The van der Waals surface area contributed by atoms with Gasteiger partial charge in [-0.1, -0.05) is 37.5 Å². The second kappa shape index (κ2) is 11.7. The summed E-state index contributed by atoms with van der Waals surface area (Å²) in [6, 6.07) is 12.5. The number of ether oxygens (including phenoxy) is 3. The quantitative estimate of drug-likeness (QED) is 0.541. The molecule has 0 aromatic heterocycles. The Morgan fingerprint density at radius 3 is 2.53 bits per heavy atom. The molecule has 0 bridgehead atoms. The van der Waals surface area contributed by atoms with E-state index in [1.165, 1.54) is 33.5 Å². The van der Waals surface area contributed by atoms with Crippen LogP contribution >= 0.6 is 0 Å². The van der Waals surface area contributed by atoms with E-state index < -0.39 is 12.1 Å². The SMILES string of the molecule is COC(=O)c1ccc(OCC(O)CN(Cc2ccccc2O)C2CCCCC2)c(OC)c1. The minimum Gasteiger partial charge on any atom is -0.508 e. The number of benzene rings is 2. The van der Waals surface area contributed by atoms with Crippen LogP contribution in [0.4, 0.5) is 0 Å². The molecular formula is C25H33NO6. The summed E-state index contributed by atoms with van der Waals surface area (Å²) in [7, 11) is 2.82. The number of rotatable bonds is 10. The Hall–Kier alpha value is -2.77. The number of esters is 1. The third kappa shape index (κ3) is 6.37. The largest absolute Gasteiger partial charge is 0.508 e. The highest BCUT2D eigenvalue weighted by atomic mass is 16.5. The molecule has 0 amide bonds. The molecule has 0 radical (unpaired) electrons. The van der Waals surface area contributed by atoms with E-state index in [-0.39, 0.29) is 12.4 Å². The number of nitrogens with zero attached hydrogens (tertiary/aromatic N) is 1. The van der Waals surface area contributed by atoms with Crippen LogP contribution in [0.1, 0.15) is 48.0 Å². The van der Waals surface area contributed by atoms with E-state index in [9.17, 15) is 15.0 Å². The molecule has 174 valence electrons. The molecule has 0 heterocycles. The van der Waals surface area contributed by atoms with Crippen molar-refractivity contribution in [2.24, 2.45) is 0 Å². The molecule has 0 aliphatic heterocycles. The number of para-hydroxylation sites is 1. The van der Waals surface area contributed by atoms with Crippen molar-refractivity contribution in [3.63, 3.8) is 0 Å². The highest BCUT2D eigenvalue weighted by Gasteiger charge is 2.24. The molecule has 1 fully saturated rings. The van der Waals surface area contributed by atoms with Crippen molar-refractivity contribution in [2.75, 3.05) is 27.4 Å². The van der Waals surface area contributed by atoms with E-state index in [4.69, 9.17) is 14.2 Å². The van der Waals surface area contributed by atoms with E-state index in [1.807, 2.05) is 18.2 Å². The maximum Gasteiger partial charge on any atom is 0.337 e. The molecule has 3 rings (SSSR count). The molecule has 32 heavy (non-hydrogen) atoms. The number of carbonyl (C=O) groups excluding carboxylic acids is 1. The second-order valence-corrected chi connectivity index (χ2v) is 8.17. The minimum atomic E-state index is -0.729. The summed E-state index contributed by atoms with van der Waals surface area (Å²) >= 11 is 0. The number of aliphatic hydroxyl groups excluding tert-OH is 1. The molecule has 1 aliphatic rings. The summed E-state index contributed by atoms with van der Waals surface area (Å²) < 4.78 is 15.9. The maximum absolute atomic E-state index is 11.7. The van der Waals surface area contributed by atoms with Gasteiger partial charge in [-0.15, -0.1) is 0 Å². The number of hydrogen-bond donors (Lipinski definition) is 2. The van der Waals surface area contributed by atoms with Crippen molar-refractivity contribution in [1.82, 2.24) is 4.90 Å². The van der Waals surface area contributed by atoms with Gasteiger partial charge in [0.2, 0.25) is 0 Å². The fourth-order valence-corrected chi connectivity index (χ4v) is 4.19. The third-order valence-corrected chi connectivity index (χ3v) is 5.92. The van der Waals surface area contributed by atoms with Crippen LogP contribution in [0.25, 0.3) is 0 Å². The maximum atomic E-state index is 11.7. The molecule has 7 nitrogen and oxygen atoms in total. The summed E-state index contributed by atoms with van der Waals surface area (Å²) in [6.07, 6.45) is 5.05. The number of aromatic hydroxyl groups is 1. The van der Waals surface area contributed by atoms with Crippen LogP contribution in [-0.4, -0.2) is 60.6 Å². The van der Waals surface area contributed by atoms with Crippen molar-refractivity contribution < 1.29 is 29.2 Å². The van der Waals surface area contributed by atoms with Crippen LogP contribution in [-0.2, 0) is 11.3 Å². The van der Waals surface area contributed by atoms with E-state index in [0.717, 1.165) is 18.4 Å². The van der Waals surface area contributed by atoms with Gasteiger partial charge in [-0.05, 0) is 37.1 Å². The van der Waals surface area contributed by atoms with Gasteiger partial charge >= 0.3 is 5.97 Å². The van der Waals surface area contributed by atoms with Gasteiger partial charge in [-0.2, -0.15) is 0 Å². The molecular weight excluding hydrogens is 410 g/mol. The number of hydrogen-bond acceptors (Lipinski definition) is 7. The van der Waals surface area contributed by atoms with Gasteiger partial charge < -0.3 is 24.4 Å². The lowest BCUT2D eigenvalue weighted by molar-refractivity contribution is 0.0389. The van der Waals surface area contributed by atoms with Crippen LogP contribution in [0, 0.1) is 0 Å². The van der Waals surface area contributed by atoms with Crippen molar-refractivity contribution in [3.05, 3.63) is 53.6 Å². The summed E-state index contributed by atoms with van der Waals surface area (Å²) in [6.45, 7) is 1.09. The Kier molecular flexibility index (Phi) is 8.76. The van der Waals surface area contributed by atoms with Crippen molar-refractivity contribution >= 4 is 5.97 Å². The third-order valence-electron chi connectivity index (χ3n) is 5.92. The first-order valence-electron chi connectivity index (χ1n) is 11.1. The Labute approximate surface area is 189 Å². The van der Waals surface area contributed by atoms with Crippen LogP contribution < -0.4 is 9.47 Å². The molecule has 1 unspecified atom stereocenters. The number of aliphatic hydroxyl groups is 1. The normalized spacial score (nSPS) is 15.4. The van der Waals surface area contributed by atoms with Crippen molar-refractivity contribution in [1.29, 1.82) is 0 Å². The lowest BCUT2D eigenvalue weighted by Crippen LogP contribution is -2.42. The summed E-state index contributed by atoms with van der Waals surface area (Å²) in [5, 5.41) is 21.0. The molecule has 2 N–H and O–H groups in total. The minimum absolute atomic E-state index is 0.0813. The fraction of sp³-hybridized carbons (Fsp3) is 0.480.